The molecule has 5 nitrogen and oxygen atoms in total. The second kappa shape index (κ2) is 6.18. The molecule has 1 aliphatic rings. The summed E-state index contributed by atoms with van der Waals surface area (Å²) >= 11 is 0. The SMILES string of the molecule is CCCCN1C[C@@H](O)[C@@H](O)[C@H](NC(C)=O)C1. The fraction of sp³-hybridized carbons (Fsp3) is 0.909. The molecule has 1 saturated heterocycles. The van der Waals surface area contributed by atoms with Gasteiger partial charge in [-0.25, -0.2) is 0 Å². The standard InChI is InChI=1S/C11H22N2O3/c1-3-4-5-13-6-9(12-8(2)14)11(16)10(15)7-13/h9-11,15-16H,3-7H2,1-2H3,(H,12,14)/t9-,10-,11+/m1/s1. The number of rotatable bonds is 4. The Kier molecular flexibility index (Phi) is 5.18. The summed E-state index contributed by atoms with van der Waals surface area (Å²) < 4.78 is 0. The first-order chi connectivity index (χ1) is 7.54. The number of aliphatic hydroxyl groups excluding tert-OH is 2. The number of aliphatic hydroxyl groups is 2. The molecular formula is C11H22N2O3. The predicted molar refractivity (Wildman–Crippen MR) is 61.0 cm³/mol. The molecule has 1 heterocycles. The van der Waals surface area contributed by atoms with E-state index in [1.54, 1.807) is 0 Å². The molecule has 3 atom stereocenters. The molecule has 0 aromatic heterocycles. The van der Waals surface area contributed by atoms with Crippen LogP contribution >= 0.6 is 0 Å². The molecule has 0 saturated carbocycles. The highest BCUT2D eigenvalue weighted by atomic mass is 16.3. The molecule has 3 N–H and O–H groups in total. The van der Waals surface area contributed by atoms with E-state index in [0.717, 1.165) is 19.4 Å². The zero-order valence-electron chi connectivity index (χ0n) is 10.0. The lowest BCUT2D eigenvalue weighted by Crippen LogP contribution is -2.61. The van der Waals surface area contributed by atoms with E-state index in [0.29, 0.717) is 13.1 Å². The maximum Gasteiger partial charge on any atom is 0.217 e. The second-order valence-electron chi connectivity index (χ2n) is 4.48. The Labute approximate surface area is 96.4 Å². The van der Waals surface area contributed by atoms with Crippen molar-refractivity contribution in [3.05, 3.63) is 0 Å². The fourth-order valence-corrected chi connectivity index (χ4v) is 2.06. The lowest BCUT2D eigenvalue weighted by atomic mass is 9.99. The van der Waals surface area contributed by atoms with Gasteiger partial charge >= 0.3 is 0 Å². The van der Waals surface area contributed by atoms with Crippen LogP contribution in [-0.4, -0.2) is 58.9 Å². The molecule has 1 aliphatic heterocycles. The van der Waals surface area contributed by atoms with Gasteiger partial charge in [-0.1, -0.05) is 13.3 Å². The molecule has 0 aliphatic carbocycles. The van der Waals surface area contributed by atoms with Gasteiger partial charge in [-0.3, -0.25) is 9.69 Å². The van der Waals surface area contributed by atoms with Gasteiger partial charge in [-0.15, -0.1) is 0 Å². The van der Waals surface area contributed by atoms with Gasteiger partial charge in [0.15, 0.2) is 0 Å². The van der Waals surface area contributed by atoms with Gasteiger partial charge in [-0.05, 0) is 13.0 Å². The van der Waals surface area contributed by atoms with E-state index >= 15 is 0 Å². The van der Waals surface area contributed by atoms with E-state index in [1.165, 1.54) is 6.92 Å². The third kappa shape index (κ3) is 3.73. The lowest BCUT2D eigenvalue weighted by molar-refractivity contribution is -0.123. The van der Waals surface area contributed by atoms with Crippen molar-refractivity contribution in [2.45, 2.75) is 44.9 Å². The Morgan fingerprint density at radius 2 is 2.12 bits per heavy atom. The minimum atomic E-state index is -0.859. The molecule has 16 heavy (non-hydrogen) atoms. The molecule has 0 unspecified atom stereocenters. The zero-order chi connectivity index (χ0) is 12.1. The minimum Gasteiger partial charge on any atom is -0.389 e. The predicted octanol–water partition coefficient (Wildman–Crippen LogP) is -0.671. The molecule has 5 heteroatoms. The van der Waals surface area contributed by atoms with Crippen LogP contribution < -0.4 is 5.32 Å². The van der Waals surface area contributed by atoms with Gasteiger partial charge in [-0.2, -0.15) is 0 Å². The summed E-state index contributed by atoms with van der Waals surface area (Å²) in [6.45, 7) is 5.52. The summed E-state index contributed by atoms with van der Waals surface area (Å²) in [6, 6.07) is -0.363. The number of amides is 1. The molecule has 0 bridgehead atoms. The number of hydrogen-bond acceptors (Lipinski definition) is 4. The molecule has 0 radical (unpaired) electrons. The van der Waals surface area contributed by atoms with Crippen molar-refractivity contribution in [2.24, 2.45) is 0 Å². The topological polar surface area (TPSA) is 72.8 Å². The van der Waals surface area contributed by atoms with Crippen LogP contribution in [0, 0.1) is 0 Å². The van der Waals surface area contributed by atoms with E-state index in [4.69, 9.17) is 0 Å². The van der Waals surface area contributed by atoms with Gasteiger partial charge in [0.25, 0.3) is 0 Å². The first-order valence-corrected chi connectivity index (χ1v) is 5.90. The van der Waals surface area contributed by atoms with E-state index in [1.807, 2.05) is 0 Å². The van der Waals surface area contributed by atoms with Crippen LogP contribution in [0.2, 0.25) is 0 Å². The maximum absolute atomic E-state index is 11.0. The Bertz CT molecular complexity index is 235. The van der Waals surface area contributed by atoms with Gasteiger partial charge in [0.05, 0.1) is 12.1 Å². The second-order valence-corrected chi connectivity index (χ2v) is 4.48. The van der Waals surface area contributed by atoms with Crippen LogP contribution in [0.3, 0.4) is 0 Å². The smallest absolute Gasteiger partial charge is 0.217 e. The lowest BCUT2D eigenvalue weighted by Gasteiger charge is -2.39. The third-order valence-electron chi connectivity index (χ3n) is 2.92. The number of carbonyl (C=O) groups excluding carboxylic acids is 1. The van der Waals surface area contributed by atoms with Crippen LogP contribution in [0.1, 0.15) is 26.7 Å². The van der Waals surface area contributed by atoms with Gasteiger partial charge in [0, 0.05) is 20.0 Å². The molecular weight excluding hydrogens is 208 g/mol. The largest absolute Gasteiger partial charge is 0.389 e. The fourth-order valence-electron chi connectivity index (χ4n) is 2.06. The molecule has 0 aromatic carbocycles. The third-order valence-corrected chi connectivity index (χ3v) is 2.92. The Hall–Kier alpha value is -0.650. The number of piperidine rings is 1. The van der Waals surface area contributed by atoms with E-state index in [9.17, 15) is 15.0 Å². The normalized spacial score (nSPS) is 31.4. The number of nitrogens with one attached hydrogen (secondary N) is 1. The van der Waals surface area contributed by atoms with E-state index in [-0.39, 0.29) is 11.9 Å². The quantitative estimate of drug-likeness (QED) is 0.599. The highest BCUT2D eigenvalue weighted by molar-refractivity contribution is 5.73. The van der Waals surface area contributed by atoms with Gasteiger partial charge in [0.1, 0.15) is 6.10 Å². The van der Waals surface area contributed by atoms with Crippen molar-refractivity contribution >= 4 is 5.91 Å². The van der Waals surface area contributed by atoms with Crippen molar-refractivity contribution in [2.75, 3.05) is 19.6 Å². The molecule has 0 aromatic rings. The maximum atomic E-state index is 11.0. The zero-order valence-corrected chi connectivity index (χ0v) is 10.0. The molecule has 94 valence electrons. The van der Waals surface area contributed by atoms with Crippen LogP contribution in [0.25, 0.3) is 0 Å². The summed E-state index contributed by atoms with van der Waals surface area (Å²) in [5.41, 5.74) is 0. The van der Waals surface area contributed by atoms with Crippen LogP contribution in [0.4, 0.5) is 0 Å². The summed E-state index contributed by atoms with van der Waals surface area (Å²) in [5.74, 6) is -0.173. The van der Waals surface area contributed by atoms with Crippen molar-refractivity contribution in [3.63, 3.8) is 0 Å². The van der Waals surface area contributed by atoms with Crippen molar-refractivity contribution in [3.8, 4) is 0 Å². The average molecular weight is 230 g/mol. The van der Waals surface area contributed by atoms with Crippen LogP contribution in [0.15, 0.2) is 0 Å². The van der Waals surface area contributed by atoms with Crippen LogP contribution in [0.5, 0.6) is 0 Å². The number of likely N-dealkylation sites (tertiary alicyclic amines) is 1. The van der Waals surface area contributed by atoms with Crippen molar-refractivity contribution in [1.82, 2.24) is 10.2 Å². The van der Waals surface area contributed by atoms with Gasteiger partial charge in [0.2, 0.25) is 5.91 Å². The Balaban J connectivity index is 2.51. The number of hydrogen-bond donors (Lipinski definition) is 3. The molecule has 0 spiro atoms. The number of unbranched alkanes of at least 4 members (excludes halogenated alkanes) is 1. The van der Waals surface area contributed by atoms with Crippen molar-refractivity contribution in [1.29, 1.82) is 0 Å². The van der Waals surface area contributed by atoms with Crippen LogP contribution in [-0.2, 0) is 4.79 Å². The number of nitrogens with zero attached hydrogens (tertiary/aromatic N) is 1. The van der Waals surface area contributed by atoms with Gasteiger partial charge < -0.3 is 15.5 Å². The van der Waals surface area contributed by atoms with E-state index < -0.39 is 12.2 Å². The summed E-state index contributed by atoms with van der Waals surface area (Å²) in [6.07, 6.45) is 0.527. The molecule has 1 rings (SSSR count). The Morgan fingerprint density at radius 1 is 1.44 bits per heavy atom. The minimum absolute atomic E-state index is 0.173. The highest BCUT2D eigenvalue weighted by Crippen LogP contribution is 2.12. The number of carbonyl (C=O) groups is 1. The average Bonchev–Trinajstić information content (AvgIpc) is 2.21. The van der Waals surface area contributed by atoms with E-state index in [2.05, 4.69) is 17.1 Å². The Morgan fingerprint density at radius 3 is 2.69 bits per heavy atom. The van der Waals surface area contributed by atoms with Crippen molar-refractivity contribution < 1.29 is 15.0 Å². The number of β-amino-alcohol motifs (C(OH)–C–C–N with tert-alkyl or cyclic N) is 1. The first kappa shape index (κ1) is 13.4. The summed E-state index contributed by atoms with van der Waals surface area (Å²) in [4.78, 5) is 13.0. The summed E-state index contributed by atoms with van der Waals surface area (Å²) in [5, 5.41) is 22.1. The molecule has 1 amide bonds. The monoisotopic (exact) mass is 230 g/mol. The first-order valence-electron chi connectivity index (χ1n) is 5.90. The molecule has 1 fully saturated rings. The highest BCUT2D eigenvalue weighted by Gasteiger charge is 2.34. The summed E-state index contributed by atoms with van der Waals surface area (Å²) in [7, 11) is 0.